The Kier molecular flexibility index (Phi) is 5.88. The molecule has 0 aliphatic heterocycles. The van der Waals surface area contributed by atoms with Crippen LogP contribution in [0.2, 0.25) is 5.02 Å². The summed E-state index contributed by atoms with van der Waals surface area (Å²) in [7, 11) is 1.95. The van der Waals surface area contributed by atoms with Gasteiger partial charge in [0.25, 0.3) is 0 Å². The molecule has 0 fully saturated rings. The SMILES string of the molecule is CCn1nc(C)c(Br)c1CC(NC)c1ccc(Br)cc1Cl. The molecule has 6 heteroatoms. The lowest BCUT2D eigenvalue weighted by Gasteiger charge is -2.19. The Morgan fingerprint density at radius 3 is 2.67 bits per heavy atom. The van der Waals surface area contributed by atoms with Gasteiger partial charge >= 0.3 is 0 Å². The van der Waals surface area contributed by atoms with E-state index in [-0.39, 0.29) is 6.04 Å². The summed E-state index contributed by atoms with van der Waals surface area (Å²) < 4.78 is 4.11. The number of halogens is 3. The third-order valence-corrected chi connectivity index (χ3v) is 5.39. The third-order valence-electron chi connectivity index (χ3n) is 3.54. The zero-order valence-corrected chi connectivity index (χ0v) is 16.2. The van der Waals surface area contributed by atoms with Crippen LogP contribution in [0, 0.1) is 6.92 Å². The minimum Gasteiger partial charge on any atom is -0.313 e. The quantitative estimate of drug-likeness (QED) is 0.725. The van der Waals surface area contributed by atoms with Gasteiger partial charge in [-0.1, -0.05) is 33.6 Å². The summed E-state index contributed by atoms with van der Waals surface area (Å²) >= 11 is 13.5. The van der Waals surface area contributed by atoms with Crippen LogP contribution in [-0.4, -0.2) is 16.8 Å². The molecule has 21 heavy (non-hydrogen) atoms. The van der Waals surface area contributed by atoms with Gasteiger partial charge in [0.05, 0.1) is 15.9 Å². The highest BCUT2D eigenvalue weighted by molar-refractivity contribution is 9.10. The standard InChI is InChI=1S/C15H18Br2ClN3/c1-4-21-14(15(17)9(2)20-21)8-13(19-3)11-6-5-10(16)7-12(11)18/h5-7,13,19H,4,8H2,1-3H3. The summed E-state index contributed by atoms with van der Waals surface area (Å²) in [6.45, 7) is 4.97. The van der Waals surface area contributed by atoms with Crippen molar-refractivity contribution in [2.45, 2.75) is 32.9 Å². The minimum atomic E-state index is 0.142. The number of nitrogens with one attached hydrogen (secondary N) is 1. The summed E-state index contributed by atoms with van der Waals surface area (Å²) in [6.07, 6.45) is 0.827. The minimum absolute atomic E-state index is 0.142. The maximum absolute atomic E-state index is 6.38. The topological polar surface area (TPSA) is 29.9 Å². The number of hydrogen-bond donors (Lipinski definition) is 1. The van der Waals surface area contributed by atoms with Crippen molar-refractivity contribution in [3.8, 4) is 0 Å². The second kappa shape index (κ2) is 7.27. The lowest BCUT2D eigenvalue weighted by Crippen LogP contribution is -2.21. The summed E-state index contributed by atoms with van der Waals surface area (Å²) in [5, 5.41) is 8.66. The molecule has 1 N–H and O–H groups in total. The molecule has 1 aromatic heterocycles. The van der Waals surface area contributed by atoms with E-state index in [4.69, 9.17) is 11.6 Å². The van der Waals surface area contributed by atoms with Crippen molar-refractivity contribution in [1.29, 1.82) is 0 Å². The number of aryl methyl sites for hydroxylation is 2. The monoisotopic (exact) mass is 433 g/mol. The zero-order valence-electron chi connectivity index (χ0n) is 12.3. The summed E-state index contributed by atoms with van der Waals surface area (Å²) in [6, 6.07) is 6.14. The predicted octanol–water partition coefficient (Wildman–Crippen LogP) is 4.89. The van der Waals surface area contributed by atoms with Gasteiger partial charge in [0, 0.05) is 28.5 Å². The fraction of sp³-hybridized carbons (Fsp3) is 0.400. The average molecular weight is 436 g/mol. The highest BCUT2D eigenvalue weighted by atomic mass is 79.9. The molecule has 0 aliphatic carbocycles. The molecule has 0 spiro atoms. The van der Waals surface area contributed by atoms with Crippen LogP contribution in [0.25, 0.3) is 0 Å². The summed E-state index contributed by atoms with van der Waals surface area (Å²) in [5.74, 6) is 0. The molecule has 0 saturated heterocycles. The van der Waals surface area contributed by atoms with Gasteiger partial charge in [-0.2, -0.15) is 5.10 Å². The van der Waals surface area contributed by atoms with E-state index in [0.29, 0.717) is 0 Å². The van der Waals surface area contributed by atoms with Crippen molar-refractivity contribution >= 4 is 43.5 Å². The maximum atomic E-state index is 6.38. The Labute approximate surface area is 147 Å². The highest BCUT2D eigenvalue weighted by Gasteiger charge is 2.19. The van der Waals surface area contributed by atoms with Gasteiger partial charge in [-0.15, -0.1) is 0 Å². The molecule has 2 aromatic rings. The van der Waals surface area contributed by atoms with Crippen molar-refractivity contribution in [1.82, 2.24) is 15.1 Å². The van der Waals surface area contributed by atoms with E-state index in [0.717, 1.165) is 38.2 Å². The fourth-order valence-corrected chi connectivity index (χ4v) is 3.66. The molecule has 1 unspecified atom stereocenters. The first-order valence-electron chi connectivity index (χ1n) is 6.81. The first-order chi connectivity index (χ1) is 9.97. The van der Waals surface area contributed by atoms with Crippen molar-refractivity contribution in [2.24, 2.45) is 0 Å². The van der Waals surface area contributed by atoms with E-state index in [1.165, 1.54) is 5.69 Å². The molecule has 0 radical (unpaired) electrons. The number of hydrogen-bond acceptors (Lipinski definition) is 2. The molecule has 2 rings (SSSR count). The summed E-state index contributed by atoms with van der Waals surface area (Å²) in [4.78, 5) is 0. The Morgan fingerprint density at radius 2 is 2.10 bits per heavy atom. The van der Waals surface area contributed by atoms with Gasteiger partial charge in [-0.05, 0) is 54.5 Å². The van der Waals surface area contributed by atoms with Crippen LogP contribution < -0.4 is 5.32 Å². The second-order valence-electron chi connectivity index (χ2n) is 4.87. The third kappa shape index (κ3) is 3.70. The number of rotatable bonds is 5. The van der Waals surface area contributed by atoms with E-state index in [1.54, 1.807) is 0 Å². The van der Waals surface area contributed by atoms with E-state index in [1.807, 2.05) is 30.8 Å². The predicted molar refractivity (Wildman–Crippen MR) is 95.0 cm³/mol. The molecule has 0 bridgehead atoms. The lowest BCUT2D eigenvalue weighted by atomic mass is 10.0. The van der Waals surface area contributed by atoms with Crippen LogP contribution in [0.4, 0.5) is 0 Å². The number of nitrogens with zero attached hydrogens (tertiary/aromatic N) is 2. The Hall–Kier alpha value is -0.360. The van der Waals surface area contributed by atoms with E-state index in [2.05, 4.69) is 55.3 Å². The molecule has 114 valence electrons. The normalized spacial score (nSPS) is 12.7. The van der Waals surface area contributed by atoms with Crippen LogP contribution in [0.5, 0.6) is 0 Å². The van der Waals surface area contributed by atoms with Gasteiger partial charge in [0.1, 0.15) is 0 Å². The molecule has 0 amide bonds. The molecule has 1 atom stereocenters. The van der Waals surface area contributed by atoms with E-state index >= 15 is 0 Å². The fourth-order valence-electron chi connectivity index (χ4n) is 2.41. The first-order valence-corrected chi connectivity index (χ1v) is 8.78. The van der Waals surface area contributed by atoms with Crippen molar-refractivity contribution < 1.29 is 0 Å². The van der Waals surface area contributed by atoms with Gasteiger partial charge < -0.3 is 5.32 Å². The van der Waals surface area contributed by atoms with E-state index in [9.17, 15) is 0 Å². The summed E-state index contributed by atoms with van der Waals surface area (Å²) in [5.41, 5.74) is 3.30. The van der Waals surface area contributed by atoms with Crippen LogP contribution >= 0.6 is 43.5 Å². The Balaban J connectivity index is 2.35. The van der Waals surface area contributed by atoms with Crippen LogP contribution in [0.1, 0.15) is 29.9 Å². The number of aromatic nitrogens is 2. The number of benzene rings is 1. The molecule has 1 aromatic carbocycles. The van der Waals surface area contributed by atoms with Crippen LogP contribution in [0.15, 0.2) is 27.1 Å². The maximum Gasteiger partial charge on any atom is 0.0738 e. The zero-order chi connectivity index (χ0) is 15.6. The highest BCUT2D eigenvalue weighted by Crippen LogP contribution is 2.31. The van der Waals surface area contributed by atoms with Crippen molar-refractivity contribution in [3.63, 3.8) is 0 Å². The molecule has 3 nitrogen and oxygen atoms in total. The smallest absolute Gasteiger partial charge is 0.0738 e. The average Bonchev–Trinajstić information content (AvgIpc) is 2.72. The Bertz CT molecular complexity index is 640. The first kappa shape index (κ1) is 17.0. The molecule has 0 saturated carbocycles. The molecular formula is C15H18Br2ClN3. The van der Waals surface area contributed by atoms with Gasteiger partial charge in [0.2, 0.25) is 0 Å². The van der Waals surface area contributed by atoms with Gasteiger partial charge in [-0.25, -0.2) is 0 Å². The largest absolute Gasteiger partial charge is 0.313 e. The van der Waals surface area contributed by atoms with Gasteiger partial charge in [-0.3, -0.25) is 4.68 Å². The Morgan fingerprint density at radius 1 is 1.38 bits per heavy atom. The lowest BCUT2D eigenvalue weighted by molar-refractivity contribution is 0.540. The molecule has 1 heterocycles. The number of likely N-dealkylation sites (N-methyl/N-ethyl adjacent to an activating group) is 1. The van der Waals surface area contributed by atoms with Crippen molar-refractivity contribution in [2.75, 3.05) is 7.05 Å². The van der Waals surface area contributed by atoms with E-state index < -0.39 is 0 Å². The molecular weight excluding hydrogens is 417 g/mol. The van der Waals surface area contributed by atoms with Crippen LogP contribution in [-0.2, 0) is 13.0 Å². The molecule has 0 aliphatic rings. The second-order valence-corrected chi connectivity index (χ2v) is 6.99. The van der Waals surface area contributed by atoms with Crippen LogP contribution in [0.3, 0.4) is 0 Å². The van der Waals surface area contributed by atoms with Gasteiger partial charge in [0.15, 0.2) is 0 Å². The van der Waals surface area contributed by atoms with Crippen molar-refractivity contribution in [3.05, 3.63) is 49.1 Å².